The van der Waals surface area contributed by atoms with Crippen LogP contribution in [-0.2, 0) is 4.79 Å². The van der Waals surface area contributed by atoms with Crippen molar-refractivity contribution in [1.29, 1.82) is 0 Å². The van der Waals surface area contributed by atoms with Crippen LogP contribution in [0.1, 0.15) is 39.5 Å². The van der Waals surface area contributed by atoms with Gasteiger partial charge in [0.15, 0.2) is 0 Å². The first-order valence-electron chi connectivity index (χ1n) is 6.82. The van der Waals surface area contributed by atoms with Crippen LogP contribution >= 0.6 is 0 Å². The van der Waals surface area contributed by atoms with E-state index in [0.29, 0.717) is 6.04 Å². The maximum Gasteiger partial charge on any atom is 0.240 e. The minimum Gasteiger partial charge on any atom is -0.353 e. The number of carbonyl (C=O) groups is 1. The summed E-state index contributed by atoms with van der Waals surface area (Å²) in [7, 11) is 0. The molecule has 0 aromatic heterocycles. The Balaban J connectivity index is 1.70. The van der Waals surface area contributed by atoms with Crippen molar-refractivity contribution in [3.63, 3.8) is 0 Å². The van der Waals surface area contributed by atoms with Crippen molar-refractivity contribution in [2.75, 3.05) is 19.6 Å². The molecule has 4 heteroatoms. The van der Waals surface area contributed by atoms with Gasteiger partial charge in [-0.2, -0.15) is 0 Å². The molecule has 2 aliphatic rings. The Morgan fingerprint density at radius 3 is 2.59 bits per heavy atom. The van der Waals surface area contributed by atoms with E-state index in [1.54, 1.807) is 0 Å². The number of hydrogen-bond donors (Lipinski definition) is 2. The quantitative estimate of drug-likeness (QED) is 0.760. The van der Waals surface area contributed by atoms with Crippen molar-refractivity contribution in [2.45, 2.75) is 51.1 Å². The molecule has 0 bridgehead atoms. The van der Waals surface area contributed by atoms with Gasteiger partial charge in [0.2, 0.25) is 5.91 Å². The van der Waals surface area contributed by atoms with Gasteiger partial charge >= 0.3 is 0 Å². The summed E-state index contributed by atoms with van der Waals surface area (Å²) in [5.74, 6) is 0.890. The molecular formula is C13H25N3O. The summed E-state index contributed by atoms with van der Waals surface area (Å²) in [6, 6.07) is 0.425. The summed E-state index contributed by atoms with van der Waals surface area (Å²) in [5.41, 5.74) is 5.32. The van der Waals surface area contributed by atoms with Crippen LogP contribution in [0.4, 0.5) is 0 Å². The van der Waals surface area contributed by atoms with Gasteiger partial charge in [0.25, 0.3) is 0 Å². The lowest BCUT2D eigenvalue weighted by atomic mass is 9.98. The highest BCUT2D eigenvalue weighted by atomic mass is 16.2. The number of nitrogens with two attached hydrogens (primary N) is 1. The van der Waals surface area contributed by atoms with Crippen molar-refractivity contribution >= 4 is 5.91 Å². The number of likely N-dealkylation sites (tertiary alicyclic amines) is 1. The first-order valence-corrected chi connectivity index (χ1v) is 6.82. The summed E-state index contributed by atoms with van der Waals surface area (Å²) in [6.45, 7) is 7.55. The SMILES string of the molecule is CC1CCN(C(C)CNC(=O)C2(N)CC2)CC1. The molecule has 1 heterocycles. The molecule has 1 aliphatic heterocycles. The number of hydrogen-bond acceptors (Lipinski definition) is 3. The highest BCUT2D eigenvalue weighted by Crippen LogP contribution is 2.32. The highest BCUT2D eigenvalue weighted by molar-refractivity contribution is 5.88. The number of nitrogens with zero attached hydrogens (tertiary/aromatic N) is 1. The van der Waals surface area contributed by atoms with E-state index in [-0.39, 0.29) is 5.91 Å². The van der Waals surface area contributed by atoms with Crippen LogP contribution in [0.25, 0.3) is 0 Å². The van der Waals surface area contributed by atoms with Crippen molar-refractivity contribution in [1.82, 2.24) is 10.2 Å². The highest BCUT2D eigenvalue weighted by Gasteiger charge is 2.45. The molecule has 1 amide bonds. The molecule has 0 aromatic rings. The molecule has 0 radical (unpaired) electrons. The third-order valence-corrected chi connectivity index (χ3v) is 4.24. The van der Waals surface area contributed by atoms with Crippen molar-refractivity contribution < 1.29 is 4.79 Å². The van der Waals surface area contributed by atoms with Crippen molar-refractivity contribution in [2.24, 2.45) is 11.7 Å². The summed E-state index contributed by atoms with van der Waals surface area (Å²) < 4.78 is 0. The third-order valence-electron chi connectivity index (χ3n) is 4.24. The Kier molecular flexibility index (Phi) is 3.73. The average molecular weight is 239 g/mol. The summed E-state index contributed by atoms with van der Waals surface area (Å²) in [6.07, 6.45) is 4.24. The van der Waals surface area contributed by atoms with E-state index in [4.69, 9.17) is 5.73 Å². The van der Waals surface area contributed by atoms with Gasteiger partial charge in [-0.15, -0.1) is 0 Å². The number of rotatable bonds is 4. The Morgan fingerprint density at radius 1 is 1.47 bits per heavy atom. The Bertz CT molecular complexity index is 280. The second-order valence-electron chi connectivity index (χ2n) is 5.93. The number of amides is 1. The van der Waals surface area contributed by atoms with E-state index in [0.717, 1.165) is 38.4 Å². The Hall–Kier alpha value is -0.610. The second kappa shape index (κ2) is 4.94. The molecule has 1 aliphatic carbocycles. The van der Waals surface area contributed by atoms with Crippen LogP contribution in [-0.4, -0.2) is 42.0 Å². The van der Waals surface area contributed by atoms with Gasteiger partial charge < -0.3 is 11.1 Å². The lowest BCUT2D eigenvalue weighted by molar-refractivity contribution is -0.123. The minimum absolute atomic E-state index is 0.0368. The fourth-order valence-electron chi connectivity index (χ4n) is 2.38. The van der Waals surface area contributed by atoms with Crippen molar-refractivity contribution in [3.05, 3.63) is 0 Å². The average Bonchev–Trinajstić information content (AvgIpc) is 3.06. The number of nitrogens with one attached hydrogen (secondary N) is 1. The predicted octanol–water partition coefficient (Wildman–Crippen LogP) is 0.714. The zero-order valence-corrected chi connectivity index (χ0v) is 11.0. The van der Waals surface area contributed by atoms with E-state index < -0.39 is 5.54 Å². The van der Waals surface area contributed by atoms with E-state index in [2.05, 4.69) is 24.1 Å². The molecule has 0 aromatic carbocycles. The largest absolute Gasteiger partial charge is 0.353 e. The molecule has 17 heavy (non-hydrogen) atoms. The van der Waals surface area contributed by atoms with Crippen molar-refractivity contribution in [3.8, 4) is 0 Å². The second-order valence-corrected chi connectivity index (χ2v) is 5.93. The Labute approximate surface area is 104 Å². The first-order chi connectivity index (χ1) is 8.01. The van der Waals surface area contributed by atoms with Gasteiger partial charge in [0, 0.05) is 12.6 Å². The molecule has 1 atom stereocenters. The normalized spacial score (nSPS) is 26.5. The maximum atomic E-state index is 11.7. The summed E-state index contributed by atoms with van der Waals surface area (Å²) >= 11 is 0. The molecule has 3 N–H and O–H groups in total. The maximum absolute atomic E-state index is 11.7. The van der Waals surface area contributed by atoms with Crippen LogP contribution < -0.4 is 11.1 Å². The topological polar surface area (TPSA) is 58.4 Å². The molecule has 0 spiro atoms. The van der Waals surface area contributed by atoms with Crippen LogP contribution in [0, 0.1) is 5.92 Å². The van der Waals surface area contributed by atoms with Crippen LogP contribution in [0.3, 0.4) is 0 Å². The zero-order chi connectivity index (χ0) is 12.5. The van der Waals surface area contributed by atoms with E-state index in [9.17, 15) is 4.79 Å². The summed E-state index contributed by atoms with van der Waals surface area (Å²) in [5, 5.41) is 2.99. The summed E-state index contributed by atoms with van der Waals surface area (Å²) in [4.78, 5) is 14.2. The number of piperidine rings is 1. The zero-order valence-electron chi connectivity index (χ0n) is 11.0. The van der Waals surface area contributed by atoms with Gasteiger partial charge in [0.1, 0.15) is 0 Å². The molecule has 1 saturated carbocycles. The lowest BCUT2D eigenvalue weighted by Gasteiger charge is -2.35. The van der Waals surface area contributed by atoms with E-state index in [1.165, 1.54) is 12.8 Å². The fraction of sp³-hybridized carbons (Fsp3) is 0.923. The van der Waals surface area contributed by atoms with Crippen LogP contribution in [0.15, 0.2) is 0 Å². The van der Waals surface area contributed by atoms with Gasteiger partial charge in [-0.1, -0.05) is 6.92 Å². The van der Waals surface area contributed by atoms with Gasteiger partial charge in [-0.25, -0.2) is 0 Å². The molecule has 2 fully saturated rings. The standard InChI is InChI=1S/C13H25N3O/c1-10-3-7-16(8-4-10)11(2)9-15-12(17)13(14)5-6-13/h10-11H,3-9,14H2,1-2H3,(H,15,17). The smallest absolute Gasteiger partial charge is 0.240 e. The molecule has 1 unspecified atom stereocenters. The first kappa shape index (κ1) is 12.8. The number of carbonyl (C=O) groups excluding carboxylic acids is 1. The van der Waals surface area contributed by atoms with Crippen LogP contribution in [0.5, 0.6) is 0 Å². The van der Waals surface area contributed by atoms with E-state index >= 15 is 0 Å². The van der Waals surface area contributed by atoms with Gasteiger partial charge in [0.05, 0.1) is 5.54 Å². The fourth-order valence-corrected chi connectivity index (χ4v) is 2.38. The molecular weight excluding hydrogens is 214 g/mol. The third kappa shape index (κ3) is 3.19. The van der Waals surface area contributed by atoms with Gasteiger partial charge in [-0.3, -0.25) is 9.69 Å². The molecule has 1 saturated heterocycles. The minimum atomic E-state index is -0.532. The molecule has 2 rings (SSSR count). The van der Waals surface area contributed by atoms with E-state index in [1.807, 2.05) is 0 Å². The van der Waals surface area contributed by atoms with Gasteiger partial charge in [-0.05, 0) is 51.6 Å². The lowest BCUT2D eigenvalue weighted by Crippen LogP contribution is -2.49. The van der Waals surface area contributed by atoms with Crippen LogP contribution in [0.2, 0.25) is 0 Å². The predicted molar refractivity (Wildman–Crippen MR) is 68.6 cm³/mol. The molecule has 4 nitrogen and oxygen atoms in total. The monoisotopic (exact) mass is 239 g/mol. The molecule has 98 valence electrons. The Morgan fingerprint density at radius 2 is 2.06 bits per heavy atom.